The number of carbonyl (C=O) groups is 3. The summed E-state index contributed by atoms with van der Waals surface area (Å²) >= 11 is 0. The number of β-amino-alcohol motifs (C(OH)–C–C–N with tert-alkyl or cyclic N) is 1. The van der Waals surface area contributed by atoms with E-state index in [1.807, 2.05) is 87.4 Å². The Morgan fingerprint density at radius 1 is 1.08 bits per heavy atom. The maximum Gasteiger partial charge on any atom is 0.416 e. The SMILES string of the molecule is CC(C)=CC(=O)Nc1cccc(CN(C(=O)OC(C)(C)C)c2cc(NC[C@H]3CCN(C(=O)OC(C)(C)C)C[C@@H]3O)nc3c(C(C)C)cnn23)c1. The van der Waals surface area contributed by atoms with Crippen molar-refractivity contribution in [2.75, 3.05) is 35.2 Å². The number of nitrogens with one attached hydrogen (secondary N) is 2. The predicted octanol–water partition coefficient (Wildman–Crippen LogP) is 6.73. The van der Waals surface area contributed by atoms with E-state index in [9.17, 15) is 19.5 Å². The van der Waals surface area contributed by atoms with Crippen LogP contribution in [0, 0.1) is 5.92 Å². The summed E-state index contributed by atoms with van der Waals surface area (Å²) in [6, 6.07) is 9.05. The fourth-order valence-electron chi connectivity index (χ4n) is 5.53. The number of carbonyl (C=O) groups excluding carboxylic acids is 3. The number of anilines is 3. The standard InChI is InChI=1S/C37H53N7O6/c1-23(2)16-31(46)40-27-13-11-12-25(17-27)21-43(35(48)50-37(8,9)10)32-18-30(41-33-28(24(3)4)20-39-44(32)33)38-19-26-14-15-42(22-29(26)45)34(47)49-36(5,6)7/h11-13,16-18,20,24,26,29,45H,14-15,19,21-22H2,1-10H3,(H,38,41)(H,40,46)/t26-,29+/m1/s1. The topological polar surface area (TPSA) is 151 Å². The highest BCUT2D eigenvalue weighted by atomic mass is 16.6. The summed E-state index contributed by atoms with van der Waals surface area (Å²) in [4.78, 5) is 46.9. The van der Waals surface area contributed by atoms with Crippen LogP contribution in [0.25, 0.3) is 5.65 Å². The molecule has 0 unspecified atom stereocenters. The number of nitrogens with zero attached hydrogens (tertiary/aromatic N) is 5. The first-order chi connectivity index (χ1) is 23.3. The van der Waals surface area contributed by atoms with Crippen molar-refractivity contribution in [3.8, 4) is 0 Å². The average molecular weight is 692 g/mol. The van der Waals surface area contributed by atoms with Gasteiger partial charge >= 0.3 is 12.2 Å². The fraction of sp³-hybridized carbons (Fsp3) is 0.541. The van der Waals surface area contributed by atoms with E-state index in [2.05, 4.69) is 15.7 Å². The quantitative estimate of drug-likeness (QED) is 0.208. The lowest BCUT2D eigenvalue weighted by Gasteiger charge is -2.36. The van der Waals surface area contributed by atoms with Crippen LogP contribution >= 0.6 is 0 Å². The first-order valence-electron chi connectivity index (χ1n) is 17.1. The van der Waals surface area contributed by atoms with Gasteiger partial charge in [0.25, 0.3) is 0 Å². The van der Waals surface area contributed by atoms with Crippen LogP contribution in [0.4, 0.5) is 26.9 Å². The van der Waals surface area contributed by atoms with Crippen LogP contribution in [0.3, 0.4) is 0 Å². The van der Waals surface area contributed by atoms with Gasteiger partial charge in [0.15, 0.2) is 5.65 Å². The number of allylic oxidation sites excluding steroid dienone is 1. The van der Waals surface area contributed by atoms with Crippen LogP contribution in [0.15, 0.2) is 48.2 Å². The lowest BCUT2D eigenvalue weighted by atomic mass is 9.94. The van der Waals surface area contributed by atoms with Gasteiger partial charge in [-0.3, -0.25) is 9.69 Å². The number of piperidine rings is 1. The van der Waals surface area contributed by atoms with Gasteiger partial charge < -0.3 is 30.1 Å². The highest BCUT2D eigenvalue weighted by Gasteiger charge is 2.33. The molecule has 50 heavy (non-hydrogen) atoms. The first-order valence-corrected chi connectivity index (χ1v) is 17.1. The second kappa shape index (κ2) is 15.5. The van der Waals surface area contributed by atoms with Crippen molar-refractivity contribution >= 4 is 41.1 Å². The smallest absolute Gasteiger partial charge is 0.416 e. The van der Waals surface area contributed by atoms with Crippen LogP contribution in [-0.4, -0.2) is 79.6 Å². The number of fused-ring (bicyclic) bond motifs is 1. The number of amides is 3. The predicted molar refractivity (Wildman–Crippen MR) is 194 cm³/mol. The second-order valence-corrected chi connectivity index (χ2v) is 15.4. The summed E-state index contributed by atoms with van der Waals surface area (Å²) in [5, 5.41) is 21.9. The van der Waals surface area contributed by atoms with Gasteiger partial charge in [0, 0.05) is 42.4 Å². The van der Waals surface area contributed by atoms with Crippen LogP contribution < -0.4 is 15.5 Å². The van der Waals surface area contributed by atoms with Gasteiger partial charge in [0.1, 0.15) is 22.8 Å². The number of ether oxygens (including phenoxy) is 2. The van der Waals surface area contributed by atoms with E-state index in [0.29, 0.717) is 42.5 Å². The molecule has 0 saturated carbocycles. The minimum absolute atomic E-state index is 0.0955. The normalized spacial score (nSPS) is 16.6. The molecule has 1 saturated heterocycles. The van der Waals surface area contributed by atoms with Crippen molar-refractivity contribution in [3.05, 3.63) is 59.3 Å². The number of likely N-dealkylation sites (tertiary alicyclic amines) is 1. The lowest BCUT2D eigenvalue weighted by Crippen LogP contribution is -2.49. The molecule has 4 rings (SSSR count). The van der Waals surface area contributed by atoms with Gasteiger partial charge in [0.05, 0.1) is 25.4 Å². The van der Waals surface area contributed by atoms with E-state index in [-0.39, 0.29) is 30.8 Å². The molecule has 2 aromatic heterocycles. The van der Waals surface area contributed by atoms with Crippen molar-refractivity contribution in [3.63, 3.8) is 0 Å². The molecule has 13 nitrogen and oxygen atoms in total. The zero-order valence-electron chi connectivity index (χ0n) is 31.0. The molecule has 0 radical (unpaired) electrons. The zero-order chi connectivity index (χ0) is 37.0. The van der Waals surface area contributed by atoms with Crippen LogP contribution in [0.1, 0.15) is 92.7 Å². The lowest BCUT2D eigenvalue weighted by molar-refractivity contribution is -0.112. The van der Waals surface area contributed by atoms with E-state index in [1.165, 1.54) is 15.9 Å². The number of aliphatic hydroxyl groups is 1. The van der Waals surface area contributed by atoms with E-state index < -0.39 is 29.5 Å². The zero-order valence-corrected chi connectivity index (χ0v) is 31.0. The maximum absolute atomic E-state index is 13.9. The minimum Gasteiger partial charge on any atom is -0.444 e. The van der Waals surface area contributed by atoms with Crippen LogP contribution in [0.5, 0.6) is 0 Å². The molecule has 272 valence electrons. The maximum atomic E-state index is 13.9. The first kappa shape index (κ1) is 38.2. The van der Waals surface area contributed by atoms with Crippen molar-refractivity contribution < 1.29 is 29.0 Å². The van der Waals surface area contributed by atoms with E-state index >= 15 is 0 Å². The molecule has 1 aliphatic rings. The minimum atomic E-state index is -0.778. The van der Waals surface area contributed by atoms with Crippen LogP contribution in [-0.2, 0) is 20.8 Å². The number of rotatable bonds is 9. The number of hydrogen-bond acceptors (Lipinski definition) is 9. The van der Waals surface area contributed by atoms with Gasteiger partial charge in [-0.15, -0.1) is 0 Å². The molecule has 2 atom stereocenters. The summed E-state index contributed by atoms with van der Waals surface area (Å²) < 4.78 is 13.0. The summed E-state index contributed by atoms with van der Waals surface area (Å²) in [5.74, 6) is 0.621. The Morgan fingerprint density at radius 3 is 2.40 bits per heavy atom. The highest BCUT2D eigenvalue weighted by Crippen LogP contribution is 2.30. The molecule has 0 aliphatic carbocycles. The third-order valence-corrected chi connectivity index (χ3v) is 7.87. The van der Waals surface area contributed by atoms with Gasteiger partial charge in [-0.1, -0.05) is 31.6 Å². The molecule has 1 aliphatic heterocycles. The van der Waals surface area contributed by atoms with E-state index in [0.717, 1.165) is 16.7 Å². The highest BCUT2D eigenvalue weighted by molar-refractivity contribution is 5.99. The second-order valence-electron chi connectivity index (χ2n) is 15.4. The third-order valence-electron chi connectivity index (χ3n) is 7.87. The van der Waals surface area contributed by atoms with E-state index in [4.69, 9.17) is 14.5 Å². The fourth-order valence-corrected chi connectivity index (χ4v) is 5.53. The molecular weight excluding hydrogens is 638 g/mol. The van der Waals surface area contributed by atoms with Gasteiger partial charge in [-0.2, -0.15) is 9.61 Å². The van der Waals surface area contributed by atoms with Crippen molar-refractivity contribution in [1.29, 1.82) is 0 Å². The molecule has 3 heterocycles. The van der Waals surface area contributed by atoms with Gasteiger partial charge in [-0.05, 0) is 85.4 Å². The Morgan fingerprint density at radius 2 is 1.78 bits per heavy atom. The summed E-state index contributed by atoms with van der Waals surface area (Å²) in [7, 11) is 0. The largest absolute Gasteiger partial charge is 0.444 e. The number of aliphatic hydroxyl groups excluding tert-OH is 1. The van der Waals surface area contributed by atoms with Gasteiger partial charge in [0.2, 0.25) is 5.91 Å². The summed E-state index contributed by atoms with van der Waals surface area (Å²) in [6.07, 6.45) is 2.05. The Bertz CT molecular complexity index is 1720. The molecular formula is C37H53N7O6. The van der Waals surface area contributed by atoms with Crippen molar-refractivity contribution in [2.45, 2.75) is 105 Å². The monoisotopic (exact) mass is 691 g/mol. The van der Waals surface area contributed by atoms with Crippen molar-refractivity contribution in [1.82, 2.24) is 19.5 Å². The molecule has 3 aromatic rings. The van der Waals surface area contributed by atoms with E-state index in [1.54, 1.807) is 22.8 Å². The molecule has 13 heteroatoms. The molecule has 3 amide bonds. The number of benzene rings is 1. The number of hydrogen-bond donors (Lipinski definition) is 3. The summed E-state index contributed by atoms with van der Waals surface area (Å²) in [5.41, 5.74) is 2.30. The Kier molecular flexibility index (Phi) is 11.8. The molecule has 1 aromatic carbocycles. The third kappa shape index (κ3) is 10.4. The average Bonchev–Trinajstić information content (AvgIpc) is 3.41. The Balaban J connectivity index is 1.66. The Labute approximate surface area is 295 Å². The van der Waals surface area contributed by atoms with Crippen LogP contribution in [0.2, 0.25) is 0 Å². The molecule has 3 N–H and O–H groups in total. The summed E-state index contributed by atoms with van der Waals surface area (Å²) in [6.45, 7) is 19.8. The molecule has 0 spiro atoms. The molecule has 1 fully saturated rings. The molecule has 0 bridgehead atoms. The number of aromatic nitrogens is 3. The Hall–Kier alpha value is -4.65. The van der Waals surface area contributed by atoms with Crippen molar-refractivity contribution in [2.24, 2.45) is 5.92 Å². The van der Waals surface area contributed by atoms with Gasteiger partial charge in [-0.25, -0.2) is 14.6 Å².